The Kier molecular flexibility index (Phi) is 4.39. The summed E-state index contributed by atoms with van der Waals surface area (Å²) in [6.07, 6.45) is 3.80. The lowest BCUT2D eigenvalue weighted by Crippen LogP contribution is -2.20. The number of allylic oxidation sites excluding steroid dienone is 1. The van der Waals surface area contributed by atoms with Gasteiger partial charge in [-0.25, -0.2) is 0 Å². The molecule has 0 aliphatic carbocycles. The van der Waals surface area contributed by atoms with E-state index >= 15 is 0 Å². The number of carbonyl (C=O) groups is 2. The highest BCUT2D eigenvalue weighted by molar-refractivity contribution is 6.15. The Morgan fingerprint density at radius 3 is 2.79 bits per heavy atom. The van der Waals surface area contributed by atoms with Crippen molar-refractivity contribution in [3.05, 3.63) is 65.0 Å². The minimum atomic E-state index is -0.565. The largest absolute Gasteiger partial charge is 0.483 e. The number of ketones is 1. The molecule has 0 unspecified atom stereocenters. The van der Waals surface area contributed by atoms with E-state index in [0.717, 1.165) is 23.0 Å². The van der Waals surface area contributed by atoms with Crippen molar-refractivity contribution in [3.63, 3.8) is 0 Å². The van der Waals surface area contributed by atoms with E-state index in [1.54, 1.807) is 25.1 Å². The van der Waals surface area contributed by atoms with Crippen LogP contribution in [-0.4, -0.2) is 22.9 Å². The Morgan fingerprint density at radius 2 is 2.04 bits per heavy atom. The number of amides is 1. The molecule has 142 valence electrons. The molecule has 1 aliphatic rings. The second kappa shape index (κ2) is 6.88. The number of rotatable bonds is 5. The SMILES string of the molecule is CCn1cc(/C=C2\Oc3c(ccc(OCC(N)=O)c3C)C2=O)c2ccccc21. The van der Waals surface area contributed by atoms with Crippen LogP contribution >= 0.6 is 0 Å². The summed E-state index contributed by atoms with van der Waals surface area (Å²) in [6, 6.07) is 11.4. The topological polar surface area (TPSA) is 83.5 Å². The molecule has 0 radical (unpaired) electrons. The molecule has 0 atom stereocenters. The molecule has 4 rings (SSSR count). The highest BCUT2D eigenvalue weighted by Gasteiger charge is 2.30. The first kappa shape index (κ1) is 17.9. The van der Waals surface area contributed by atoms with Gasteiger partial charge in [-0.1, -0.05) is 18.2 Å². The molecule has 6 nitrogen and oxygen atoms in total. The van der Waals surface area contributed by atoms with Crippen molar-refractivity contribution in [2.75, 3.05) is 6.61 Å². The zero-order valence-corrected chi connectivity index (χ0v) is 15.7. The molecule has 3 aromatic rings. The zero-order valence-electron chi connectivity index (χ0n) is 15.7. The van der Waals surface area contributed by atoms with Crippen molar-refractivity contribution in [3.8, 4) is 11.5 Å². The Bertz CT molecular complexity index is 1140. The number of fused-ring (bicyclic) bond motifs is 2. The fraction of sp³-hybridized carbons (Fsp3) is 0.182. The number of hydrogen-bond donors (Lipinski definition) is 1. The van der Waals surface area contributed by atoms with E-state index in [0.29, 0.717) is 22.6 Å². The highest BCUT2D eigenvalue weighted by Crippen LogP contribution is 2.39. The third kappa shape index (κ3) is 2.93. The predicted octanol–water partition coefficient (Wildman–Crippen LogP) is 3.45. The molecule has 0 fully saturated rings. The Labute approximate surface area is 162 Å². The summed E-state index contributed by atoms with van der Waals surface area (Å²) in [7, 11) is 0. The molecular weight excluding hydrogens is 356 g/mol. The van der Waals surface area contributed by atoms with Gasteiger partial charge in [0, 0.05) is 34.8 Å². The summed E-state index contributed by atoms with van der Waals surface area (Å²) in [4.78, 5) is 23.8. The zero-order chi connectivity index (χ0) is 19.8. The summed E-state index contributed by atoms with van der Waals surface area (Å²) in [6.45, 7) is 4.47. The van der Waals surface area contributed by atoms with E-state index in [2.05, 4.69) is 17.6 Å². The van der Waals surface area contributed by atoms with Crippen molar-refractivity contribution >= 4 is 28.7 Å². The van der Waals surface area contributed by atoms with Gasteiger partial charge in [0.25, 0.3) is 5.91 Å². The number of carbonyl (C=O) groups excluding carboxylic acids is 2. The van der Waals surface area contributed by atoms with Crippen LogP contribution in [0.4, 0.5) is 0 Å². The summed E-state index contributed by atoms with van der Waals surface area (Å²) < 4.78 is 13.4. The van der Waals surface area contributed by atoms with Crippen molar-refractivity contribution in [1.82, 2.24) is 4.57 Å². The third-order valence-electron chi connectivity index (χ3n) is 4.85. The van der Waals surface area contributed by atoms with Crippen LogP contribution in [0, 0.1) is 6.92 Å². The van der Waals surface area contributed by atoms with Crippen LogP contribution in [0.25, 0.3) is 17.0 Å². The molecule has 1 aliphatic heterocycles. The number of nitrogens with zero attached hydrogens (tertiary/aromatic N) is 1. The van der Waals surface area contributed by atoms with Crippen molar-refractivity contribution in [2.24, 2.45) is 5.73 Å². The number of Topliss-reactive ketones (excluding diaryl/α,β-unsaturated/α-hetero) is 1. The second-order valence-corrected chi connectivity index (χ2v) is 6.65. The first-order valence-corrected chi connectivity index (χ1v) is 9.06. The number of aryl methyl sites for hydroxylation is 1. The van der Waals surface area contributed by atoms with Gasteiger partial charge in [0.1, 0.15) is 11.5 Å². The van der Waals surface area contributed by atoms with E-state index in [1.165, 1.54) is 0 Å². The molecule has 2 aromatic carbocycles. The van der Waals surface area contributed by atoms with Crippen molar-refractivity contribution < 1.29 is 19.1 Å². The van der Waals surface area contributed by atoms with Crippen LogP contribution in [0.5, 0.6) is 11.5 Å². The number of hydrogen-bond acceptors (Lipinski definition) is 4. The number of ether oxygens (including phenoxy) is 2. The number of para-hydroxylation sites is 1. The minimum absolute atomic E-state index is 0.173. The molecule has 0 saturated carbocycles. The van der Waals surface area contributed by atoms with Gasteiger partial charge in [0.2, 0.25) is 5.78 Å². The van der Waals surface area contributed by atoms with E-state index in [1.807, 2.05) is 24.4 Å². The fourth-order valence-corrected chi connectivity index (χ4v) is 3.47. The van der Waals surface area contributed by atoms with Gasteiger partial charge in [-0.2, -0.15) is 0 Å². The summed E-state index contributed by atoms with van der Waals surface area (Å²) in [5.41, 5.74) is 8.31. The van der Waals surface area contributed by atoms with Crippen LogP contribution in [-0.2, 0) is 11.3 Å². The molecule has 2 N–H and O–H groups in total. The molecule has 1 amide bonds. The first-order valence-electron chi connectivity index (χ1n) is 9.06. The van der Waals surface area contributed by atoms with Gasteiger partial charge in [0.15, 0.2) is 12.4 Å². The average Bonchev–Trinajstić information content (AvgIpc) is 3.20. The molecule has 1 aromatic heterocycles. The Hall–Kier alpha value is -3.54. The lowest BCUT2D eigenvalue weighted by atomic mass is 10.1. The number of benzene rings is 2. The summed E-state index contributed by atoms with van der Waals surface area (Å²) in [5, 5.41) is 1.06. The van der Waals surface area contributed by atoms with Crippen molar-refractivity contribution in [2.45, 2.75) is 20.4 Å². The van der Waals surface area contributed by atoms with E-state index < -0.39 is 5.91 Å². The monoisotopic (exact) mass is 376 g/mol. The standard InChI is InChI=1S/C22H20N2O4/c1-3-24-11-14(15-6-4-5-7-17(15)24)10-19-21(26)16-8-9-18(27-12-20(23)25)13(2)22(16)28-19/h4-11H,3,12H2,1-2H3,(H2,23,25)/b19-10-. The number of primary amides is 1. The molecule has 0 spiro atoms. The maximum atomic E-state index is 12.8. The van der Waals surface area contributed by atoms with E-state index in [-0.39, 0.29) is 18.1 Å². The lowest BCUT2D eigenvalue weighted by Gasteiger charge is -2.09. The lowest BCUT2D eigenvalue weighted by molar-refractivity contribution is -0.119. The summed E-state index contributed by atoms with van der Waals surface area (Å²) in [5.74, 6) is 0.452. The molecule has 28 heavy (non-hydrogen) atoms. The van der Waals surface area contributed by atoms with E-state index in [9.17, 15) is 9.59 Å². The smallest absolute Gasteiger partial charge is 0.255 e. The van der Waals surface area contributed by atoms with Gasteiger partial charge in [-0.05, 0) is 38.1 Å². The van der Waals surface area contributed by atoms with Crippen LogP contribution in [0.1, 0.15) is 28.4 Å². The molecular formula is C22H20N2O4. The maximum Gasteiger partial charge on any atom is 0.255 e. The van der Waals surface area contributed by atoms with Crippen LogP contribution < -0.4 is 15.2 Å². The van der Waals surface area contributed by atoms with Gasteiger partial charge < -0.3 is 19.8 Å². The fourth-order valence-electron chi connectivity index (χ4n) is 3.47. The molecule has 0 saturated heterocycles. The van der Waals surface area contributed by atoms with Crippen LogP contribution in [0.15, 0.2) is 48.4 Å². The number of nitrogens with two attached hydrogens (primary N) is 1. The van der Waals surface area contributed by atoms with Crippen LogP contribution in [0.3, 0.4) is 0 Å². The quantitative estimate of drug-likeness (QED) is 0.692. The maximum absolute atomic E-state index is 12.8. The predicted molar refractivity (Wildman–Crippen MR) is 106 cm³/mol. The van der Waals surface area contributed by atoms with Gasteiger partial charge in [-0.3, -0.25) is 9.59 Å². The van der Waals surface area contributed by atoms with Crippen molar-refractivity contribution in [1.29, 1.82) is 0 Å². The Balaban J connectivity index is 1.72. The van der Waals surface area contributed by atoms with Gasteiger partial charge >= 0.3 is 0 Å². The van der Waals surface area contributed by atoms with Gasteiger partial charge in [-0.15, -0.1) is 0 Å². The molecule has 2 heterocycles. The normalized spacial score (nSPS) is 14.4. The Morgan fingerprint density at radius 1 is 1.25 bits per heavy atom. The first-order chi connectivity index (χ1) is 13.5. The van der Waals surface area contributed by atoms with Gasteiger partial charge in [0.05, 0.1) is 5.56 Å². The second-order valence-electron chi connectivity index (χ2n) is 6.65. The molecule has 0 bridgehead atoms. The number of aromatic nitrogens is 1. The highest BCUT2D eigenvalue weighted by atomic mass is 16.5. The average molecular weight is 376 g/mol. The van der Waals surface area contributed by atoms with Crippen LogP contribution in [0.2, 0.25) is 0 Å². The minimum Gasteiger partial charge on any atom is -0.483 e. The summed E-state index contributed by atoms with van der Waals surface area (Å²) >= 11 is 0. The molecule has 6 heteroatoms. The third-order valence-corrected chi connectivity index (χ3v) is 4.85. The van der Waals surface area contributed by atoms with E-state index in [4.69, 9.17) is 15.2 Å².